The Bertz CT molecular complexity index is 640. The van der Waals surface area contributed by atoms with Crippen molar-refractivity contribution >= 4 is 17.6 Å². The molecule has 130 valence electrons. The molecule has 1 aromatic heterocycles. The van der Waals surface area contributed by atoms with Crippen LogP contribution in [0.2, 0.25) is 0 Å². The van der Waals surface area contributed by atoms with Crippen molar-refractivity contribution in [1.29, 1.82) is 0 Å². The van der Waals surface area contributed by atoms with Crippen molar-refractivity contribution < 1.29 is 18.8 Å². The lowest BCUT2D eigenvalue weighted by Gasteiger charge is -2.41. The van der Waals surface area contributed by atoms with E-state index in [1.807, 2.05) is 9.80 Å². The van der Waals surface area contributed by atoms with Crippen LogP contribution in [0.1, 0.15) is 30.3 Å². The van der Waals surface area contributed by atoms with Crippen LogP contribution < -0.4 is 4.90 Å². The first kappa shape index (κ1) is 15.4. The third-order valence-corrected chi connectivity index (χ3v) is 5.20. The summed E-state index contributed by atoms with van der Waals surface area (Å²) in [6.45, 7) is 5.91. The summed E-state index contributed by atoms with van der Waals surface area (Å²) in [5.74, 6) is 0.627. The second kappa shape index (κ2) is 6.08. The molecule has 4 rings (SSSR count). The Kier molecular flexibility index (Phi) is 3.91. The van der Waals surface area contributed by atoms with Crippen LogP contribution in [0.3, 0.4) is 0 Å². The Morgan fingerprint density at radius 3 is 2.88 bits per heavy atom. The molecular weight excluding hydrogens is 312 g/mol. The zero-order valence-electron chi connectivity index (χ0n) is 13.8. The summed E-state index contributed by atoms with van der Waals surface area (Å²) in [7, 11) is 0. The van der Waals surface area contributed by atoms with Crippen LogP contribution in [0.5, 0.6) is 0 Å². The van der Waals surface area contributed by atoms with Crippen LogP contribution in [0.25, 0.3) is 0 Å². The molecule has 1 aromatic rings. The molecule has 0 aliphatic carbocycles. The van der Waals surface area contributed by atoms with Crippen LogP contribution in [-0.2, 0) is 9.53 Å². The molecule has 0 saturated carbocycles. The van der Waals surface area contributed by atoms with E-state index in [-0.39, 0.29) is 23.6 Å². The molecule has 0 N–H and O–H groups in total. The van der Waals surface area contributed by atoms with Gasteiger partial charge in [-0.25, -0.2) is 0 Å². The summed E-state index contributed by atoms with van der Waals surface area (Å²) < 4.78 is 10.6. The van der Waals surface area contributed by atoms with Crippen molar-refractivity contribution in [3.63, 3.8) is 0 Å². The number of rotatable bonds is 2. The van der Waals surface area contributed by atoms with Crippen molar-refractivity contribution in [2.24, 2.45) is 0 Å². The molecular formula is C16H22N4O4. The largest absolute Gasteiger partial charge is 0.378 e. The number of morpholine rings is 1. The lowest BCUT2D eigenvalue weighted by atomic mass is 10.1. The first-order valence-corrected chi connectivity index (χ1v) is 8.56. The smallest absolute Gasteiger partial charge is 0.293 e. The molecule has 3 aliphatic rings. The van der Waals surface area contributed by atoms with Gasteiger partial charge in [-0.3, -0.25) is 9.59 Å². The Hall–Kier alpha value is -2.09. The zero-order chi connectivity index (χ0) is 16.7. The number of ether oxygens (including phenoxy) is 1. The molecule has 4 heterocycles. The van der Waals surface area contributed by atoms with Crippen molar-refractivity contribution in [3.8, 4) is 0 Å². The summed E-state index contributed by atoms with van der Waals surface area (Å²) in [5, 5.41) is 4.02. The van der Waals surface area contributed by atoms with Gasteiger partial charge in [0.2, 0.25) is 11.7 Å². The molecule has 3 fully saturated rings. The molecule has 0 unspecified atom stereocenters. The third kappa shape index (κ3) is 2.54. The molecule has 3 saturated heterocycles. The lowest BCUT2D eigenvalue weighted by molar-refractivity contribution is -0.141. The molecule has 3 aliphatic heterocycles. The normalized spacial score (nSPS) is 27.5. The quantitative estimate of drug-likeness (QED) is 0.776. The monoisotopic (exact) mass is 334 g/mol. The minimum absolute atomic E-state index is 0.0324. The fourth-order valence-corrected chi connectivity index (χ4v) is 3.78. The number of amides is 2. The summed E-state index contributed by atoms with van der Waals surface area (Å²) >= 11 is 0. The van der Waals surface area contributed by atoms with Crippen molar-refractivity contribution in [1.82, 2.24) is 15.0 Å². The first-order valence-electron chi connectivity index (χ1n) is 8.56. The van der Waals surface area contributed by atoms with Gasteiger partial charge in [0.15, 0.2) is 5.82 Å². The van der Waals surface area contributed by atoms with Gasteiger partial charge < -0.3 is 24.0 Å². The van der Waals surface area contributed by atoms with Crippen molar-refractivity contribution in [3.05, 3.63) is 11.8 Å². The van der Waals surface area contributed by atoms with Crippen LogP contribution >= 0.6 is 0 Å². The van der Waals surface area contributed by atoms with Crippen molar-refractivity contribution in [2.75, 3.05) is 44.3 Å². The SMILES string of the molecule is C[C@H]1C(=O)N2CCC[C@@H]2CN1C(=O)c1cc(N2CCOCC2)no1. The van der Waals surface area contributed by atoms with E-state index in [4.69, 9.17) is 9.26 Å². The van der Waals surface area contributed by atoms with E-state index in [0.717, 1.165) is 32.5 Å². The van der Waals surface area contributed by atoms with Gasteiger partial charge in [0.1, 0.15) is 6.04 Å². The highest BCUT2D eigenvalue weighted by molar-refractivity contribution is 5.96. The van der Waals surface area contributed by atoms with E-state index in [1.165, 1.54) is 0 Å². The maximum Gasteiger partial charge on any atom is 0.293 e. The van der Waals surface area contributed by atoms with E-state index in [1.54, 1.807) is 17.9 Å². The number of hydrogen-bond acceptors (Lipinski definition) is 6. The number of aromatic nitrogens is 1. The Balaban J connectivity index is 1.51. The van der Waals surface area contributed by atoms with Crippen LogP contribution in [-0.4, -0.2) is 78.2 Å². The molecule has 0 radical (unpaired) electrons. The lowest BCUT2D eigenvalue weighted by Crippen LogP contribution is -2.60. The maximum atomic E-state index is 12.8. The second-order valence-corrected chi connectivity index (χ2v) is 6.61. The van der Waals surface area contributed by atoms with Crippen LogP contribution in [0.4, 0.5) is 5.82 Å². The maximum absolute atomic E-state index is 12.8. The fourth-order valence-electron chi connectivity index (χ4n) is 3.78. The predicted molar refractivity (Wildman–Crippen MR) is 84.8 cm³/mol. The molecule has 2 atom stereocenters. The molecule has 0 spiro atoms. The zero-order valence-corrected chi connectivity index (χ0v) is 13.8. The number of hydrogen-bond donors (Lipinski definition) is 0. The van der Waals surface area contributed by atoms with Gasteiger partial charge in [0.25, 0.3) is 5.91 Å². The number of piperazine rings is 1. The average molecular weight is 334 g/mol. The highest BCUT2D eigenvalue weighted by Gasteiger charge is 2.43. The number of nitrogens with zero attached hydrogens (tertiary/aromatic N) is 4. The first-order chi connectivity index (χ1) is 11.6. The predicted octanol–water partition coefficient (Wildman–Crippen LogP) is 0.346. The second-order valence-electron chi connectivity index (χ2n) is 6.61. The highest BCUT2D eigenvalue weighted by Crippen LogP contribution is 2.27. The number of carbonyl (C=O) groups excluding carboxylic acids is 2. The number of carbonyl (C=O) groups is 2. The van der Waals surface area contributed by atoms with Gasteiger partial charge in [-0.1, -0.05) is 5.16 Å². The van der Waals surface area contributed by atoms with Gasteiger partial charge in [-0.2, -0.15) is 0 Å². The van der Waals surface area contributed by atoms with Gasteiger partial charge in [-0.15, -0.1) is 0 Å². The molecule has 0 bridgehead atoms. The van der Waals surface area contributed by atoms with E-state index in [0.29, 0.717) is 25.6 Å². The molecule has 0 aromatic carbocycles. The summed E-state index contributed by atoms with van der Waals surface area (Å²) in [5.41, 5.74) is 0. The van der Waals surface area contributed by atoms with Gasteiger partial charge in [-0.05, 0) is 19.8 Å². The summed E-state index contributed by atoms with van der Waals surface area (Å²) in [6, 6.07) is 1.36. The van der Waals surface area contributed by atoms with E-state index < -0.39 is 6.04 Å². The van der Waals surface area contributed by atoms with Crippen LogP contribution in [0, 0.1) is 0 Å². The summed E-state index contributed by atoms with van der Waals surface area (Å²) in [6.07, 6.45) is 1.96. The van der Waals surface area contributed by atoms with Gasteiger partial charge >= 0.3 is 0 Å². The van der Waals surface area contributed by atoms with E-state index in [9.17, 15) is 9.59 Å². The van der Waals surface area contributed by atoms with E-state index >= 15 is 0 Å². The van der Waals surface area contributed by atoms with Gasteiger partial charge in [0.05, 0.1) is 13.2 Å². The fraction of sp³-hybridized carbons (Fsp3) is 0.688. The number of anilines is 1. The molecule has 24 heavy (non-hydrogen) atoms. The average Bonchev–Trinajstić information content (AvgIpc) is 3.27. The minimum atomic E-state index is -0.455. The molecule has 8 nitrogen and oxygen atoms in total. The van der Waals surface area contributed by atoms with E-state index in [2.05, 4.69) is 5.16 Å². The molecule has 8 heteroatoms. The third-order valence-electron chi connectivity index (χ3n) is 5.20. The summed E-state index contributed by atoms with van der Waals surface area (Å²) in [4.78, 5) is 30.9. The topological polar surface area (TPSA) is 79.1 Å². The number of fused-ring (bicyclic) bond motifs is 1. The highest BCUT2D eigenvalue weighted by atomic mass is 16.5. The standard InChI is InChI=1S/C16H22N4O4/c1-11-15(21)19-4-2-3-12(19)10-20(11)16(22)13-9-14(17-24-13)18-5-7-23-8-6-18/h9,11-12H,2-8,10H2,1H3/t11-,12+/m0/s1. The van der Waals surface area contributed by atoms with Crippen LogP contribution in [0.15, 0.2) is 10.6 Å². The Morgan fingerprint density at radius 2 is 2.08 bits per heavy atom. The van der Waals surface area contributed by atoms with Crippen molar-refractivity contribution in [2.45, 2.75) is 31.8 Å². The van der Waals surface area contributed by atoms with Gasteiger partial charge in [0, 0.05) is 38.3 Å². The molecule has 2 amide bonds. The minimum Gasteiger partial charge on any atom is -0.378 e. The Labute approximate surface area is 140 Å². The Morgan fingerprint density at radius 1 is 1.29 bits per heavy atom.